The summed E-state index contributed by atoms with van der Waals surface area (Å²) in [6, 6.07) is 14.8. The Kier molecular flexibility index (Phi) is 7.11. The number of aromatic nitrogens is 3. The molecule has 1 aromatic heterocycles. The van der Waals surface area contributed by atoms with Crippen molar-refractivity contribution in [3.8, 4) is 0 Å². The number of rotatable bonds is 6. The van der Waals surface area contributed by atoms with Gasteiger partial charge < -0.3 is 20.5 Å². The van der Waals surface area contributed by atoms with Crippen LogP contribution in [0.15, 0.2) is 59.5 Å². The summed E-state index contributed by atoms with van der Waals surface area (Å²) in [4.78, 5) is 12.4. The molecule has 3 rings (SSSR count). The molecule has 0 spiro atoms. The zero-order valence-corrected chi connectivity index (χ0v) is 17.5. The summed E-state index contributed by atoms with van der Waals surface area (Å²) in [5.41, 5.74) is 1.34. The van der Waals surface area contributed by atoms with E-state index in [9.17, 15) is 13.0 Å². The Morgan fingerprint density at radius 2 is 1.26 bits per heavy atom. The molecule has 0 saturated carbocycles. The van der Waals surface area contributed by atoms with E-state index in [1.54, 1.807) is 7.05 Å². The summed E-state index contributed by atoms with van der Waals surface area (Å²) < 4.78 is 32.9. The molecule has 27 heavy (non-hydrogen) atoms. The molecule has 0 radical (unpaired) electrons. The zero-order chi connectivity index (χ0) is 18.6. The first-order valence-electron chi connectivity index (χ1n) is 7.53. The quantitative estimate of drug-likeness (QED) is 0.367. The van der Waals surface area contributed by atoms with E-state index in [2.05, 4.69) is 30.9 Å². The van der Waals surface area contributed by atoms with Crippen LogP contribution in [0, 0.1) is 0 Å². The van der Waals surface area contributed by atoms with Gasteiger partial charge in [-0.25, -0.2) is 8.42 Å². The van der Waals surface area contributed by atoms with Crippen LogP contribution in [-0.4, -0.2) is 35.0 Å². The molecule has 3 aromatic rings. The molecule has 0 saturated heterocycles. The Hall–Kier alpha value is -2.24. The standard InChI is InChI=1S/C16H16N6O3S.Na/c1-17-14-20-15(18-11-5-3-2-4-6-11)22-16(21-14)19-12-7-9-13(10-8-12)26(23,24)25;/h2-10H,1H3,(H,23,24,25)(H3,17,18,19,20,21,22);/q;+1/p-1. The van der Waals surface area contributed by atoms with E-state index in [-0.39, 0.29) is 40.4 Å². The first-order chi connectivity index (χ1) is 12.4. The third-order valence-electron chi connectivity index (χ3n) is 3.29. The van der Waals surface area contributed by atoms with Gasteiger partial charge in [0.05, 0.1) is 4.90 Å². The molecule has 9 nitrogen and oxygen atoms in total. The monoisotopic (exact) mass is 394 g/mol. The number of anilines is 5. The number of nitrogens with one attached hydrogen (secondary N) is 3. The van der Waals surface area contributed by atoms with Crippen molar-refractivity contribution >= 4 is 39.3 Å². The van der Waals surface area contributed by atoms with Crippen molar-refractivity contribution in [2.75, 3.05) is 23.0 Å². The molecule has 0 fully saturated rings. The van der Waals surface area contributed by atoms with Crippen LogP contribution in [0.3, 0.4) is 0 Å². The van der Waals surface area contributed by atoms with E-state index in [0.717, 1.165) is 5.69 Å². The molecule has 0 atom stereocenters. The summed E-state index contributed by atoms with van der Waals surface area (Å²) in [6.07, 6.45) is 0. The summed E-state index contributed by atoms with van der Waals surface area (Å²) in [5.74, 6) is 0.928. The molecule has 0 aliphatic heterocycles. The predicted octanol–water partition coefficient (Wildman–Crippen LogP) is -0.691. The fourth-order valence-corrected chi connectivity index (χ4v) is 2.55. The molecule has 2 aromatic carbocycles. The van der Waals surface area contributed by atoms with Crippen LogP contribution < -0.4 is 45.5 Å². The Balaban J connectivity index is 0.00000261. The Labute approximate surface area is 178 Å². The first kappa shape index (κ1) is 21.1. The maximum Gasteiger partial charge on any atom is 1.00 e. The number of nitrogens with zero attached hydrogens (tertiary/aromatic N) is 3. The molecule has 11 heteroatoms. The predicted molar refractivity (Wildman–Crippen MR) is 96.8 cm³/mol. The number of benzene rings is 2. The van der Waals surface area contributed by atoms with Crippen molar-refractivity contribution in [1.82, 2.24) is 15.0 Å². The maximum absolute atomic E-state index is 11.0. The van der Waals surface area contributed by atoms with Crippen molar-refractivity contribution in [2.45, 2.75) is 4.90 Å². The van der Waals surface area contributed by atoms with E-state index in [4.69, 9.17) is 0 Å². The van der Waals surface area contributed by atoms with Gasteiger partial charge in [-0.1, -0.05) is 18.2 Å². The summed E-state index contributed by atoms with van der Waals surface area (Å²) in [7, 11) is -2.80. The van der Waals surface area contributed by atoms with Gasteiger partial charge >= 0.3 is 29.6 Å². The third kappa shape index (κ3) is 5.88. The third-order valence-corrected chi connectivity index (χ3v) is 4.14. The molecule has 134 valence electrons. The molecule has 0 aliphatic rings. The summed E-state index contributed by atoms with van der Waals surface area (Å²) in [5, 5.41) is 8.86. The summed E-state index contributed by atoms with van der Waals surface area (Å²) in [6.45, 7) is 0. The average Bonchev–Trinajstić information content (AvgIpc) is 2.62. The van der Waals surface area contributed by atoms with E-state index in [0.29, 0.717) is 17.6 Å². The number of para-hydroxylation sites is 1. The van der Waals surface area contributed by atoms with Crippen LogP contribution in [-0.2, 0) is 10.1 Å². The molecular weight excluding hydrogens is 379 g/mol. The Morgan fingerprint density at radius 3 is 1.74 bits per heavy atom. The molecule has 0 unspecified atom stereocenters. The average molecular weight is 394 g/mol. The van der Waals surface area contributed by atoms with Crippen LogP contribution in [0.2, 0.25) is 0 Å². The largest absolute Gasteiger partial charge is 1.00 e. The van der Waals surface area contributed by atoms with Crippen LogP contribution in [0.4, 0.5) is 29.2 Å². The van der Waals surface area contributed by atoms with Gasteiger partial charge in [0.15, 0.2) is 0 Å². The van der Waals surface area contributed by atoms with E-state index >= 15 is 0 Å². The second-order valence-corrected chi connectivity index (χ2v) is 6.53. The van der Waals surface area contributed by atoms with Gasteiger partial charge in [0, 0.05) is 18.4 Å². The topological polar surface area (TPSA) is 132 Å². The molecule has 3 N–H and O–H groups in total. The minimum atomic E-state index is -4.48. The van der Waals surface area contributed by atoms with Crippen LogP contribution in [0.25, 0.3) is 0 Å². The van der Waals surface area contributed by atoms with Gasteiger partial charge in [-0.05, 0) is 36.4 Å². The molecule has 1 heterocycles. The fraction of sp³-hybridized carbons (Fsp3) is 0.0625. The molecule has 0 amide bonds. The van der Waals surface area contributed by atoms with Crippen LogP contribution >= 0.6 is 0 Å². The number of hydrogen-bond acceptors (Lipinski definition) is 9. The zero-order valence-electron chi connectivity index (χ0n) is 14.7. The Morgan fingerprint density at radius 1 is 0.778 bits per heavy atom. The van der Waals surface area contributed by atoms with Crippen LogP contribution in [0.5, 0.6) is 0 Å². The van der Waals surface area contributed by atoms with E-state index < -0.39 is 10.1 Å². The normalized spacial score (nSPS) is 10.6. The van der Waals surface area contributed by atoms with Gasteiger partial charge in [0.25, 0.3) is 0 Å². The smallest absolute Gasteiger partial charge is 0.744 e. The first-order valence-corrected chi connectivity index (χ1v) is 8.94. The van der Waals surface area contributed by atoms with Crippen molar-refractivity contribution in [1.29, 1.82) is 0 Å². The van der Waals surface area contributed by atoms with Crippen molar-refractivity contribution in [3.05, 3.63) is 54.6 Å². The number of hydrogen-bond donors (Lipinski definition) is 3. The summed E-state index contributed by atoms with van der Waals surface area (Å²) >= 11 is 0. The van der Waals surface area contributed by atoms with Crippen molar-refractivity contribution in [3.63, 3.8) is 0 Å². The molecule has 0 aliphatic carbocycles. The van der Waals surface area contributed by atoms with Gasteiger partial charge in [0.2, 0.25) is 17.8 Å². The maximum atomic E-state index is 11.0. The van der Waals surface area contributed by atoms with Crippen LogP contribution in [0.1, 0.15) is 0 Å². The van der Waals surface area contributed by atoms with Crippen molar-refractivity contribution in [2.24, 2.45) is 0 Å². The Bertz CT molecular complexity index is 1000. The minimum absolute atomic E-state index is 0. The SMILES string of the molecule is CNc1nc(Nc2ccccc2)nc(Nc2ccc(S(=O)(=O)[O-])cc2)n1.[Na+]. The van der Waals surface area contributed by atoms with Gasteiger partial charge in [-0.3, -0.25) is 0 Å². The van der Waals surface area contributed by atoms with Gasteiger partial charge in [-0.15, -0.1) is 0 Å². The van der Waals surface area contributed by atoms with Gasteiger partial charge in [0.1, 0.15) is 10.1 Å². The fourth-order valence-electron chi connectivity index (χ4n) is 2.08. The minimum Gasteiger partial charge on any atom is -0.744 e. The van der Waals surface area contributed by atoms with E-state index in [1.807, 2.05) is 30.3 Å². The molecule has 0 bridgehead atoms. The molecular formula is C16H15N6NaO3S. The second-order valence-electron chi connectivity index (χ2n) is 5.15. The van der Waals surface area contributed by atoms with E-state index in [1.165, 1.54) is 24.3 Å². The van der Waals surface area contributed by atoms with Crippen molar-refractivity contribution < 1.29 is 42.5 Å². The van der Waals surface area contributed by atoms with Gasteiger partial charge in [-0.2, -0.15) is 15.0 Å². The second kappa shape index (κ2) is 9.11.